The van der Waals surface area contributed by atoms with E-state index < -0.39 is 16.7 Å². The first kappa shape index (κ1) is 24.1. The number of carbonyl (C=O) groups is 2. The van der Waals surface area contributed by atoms with E-state index in [1.807, 2.05) is 6.07 Å². The van der Waals surface area contributed by atoms with Crippen LogP contribution >= 0.6 is 0 Å². The standard InChI is InChI=1S/C26H22N4O6/c1-3-8-18-13-17(14-21-25(31)28-29(26(21)32)19-9-6-5-7-10-19)15-22(35-4-2)24(18)36-23-12-11-20(16-27-23)30(33)34/h3,5-7,9-16H,1,4,8H2,2H3,(H,28,31)/b21-14-. The van der Waals surface area contributed by atoms with Gasteiger partial charge in [0.2, 0.25) is 5.88 Å². The number of carbonyl (C=O) groups excluding carboxylic acids is 2. The zero-order valence-electron chi connectivity index (χ0n) is 19.3. The number of benzene rings is 2. The fourth-order valence-corrected chi connectivity index (χ4v) is 3.58. The minimum atomic E-state index is -0.548. The lowest BCUT2D eigenvalue weighted by molar-refractivity contribution is -0.385. The highest BCUT2D eigenvalue weighted by Crippen LogP contribution is 2.38. The minimum Gasteiger partial charge on any atom is -0.490 e. The third-order valence-electron chi connectivity index (χ3n) is 5.17. The quantitative estimate of drug-likeness (QED) is 0.157. The number of hydrogen-bond acceptors (Lipinski definition) is 7. The number of pyridine rings is 1. The van der Waals surface area contributed by atoms with Gasteiger partial charge in [0.05, 0.1) is 17.2 Å². The summed E-state index contributed by atoms with van der Waals surface area (Å²) >= 11 is 0. The first-order chi connectivity index (χ1) is 17.4. The van der Waals surface area contributed by atoms with Gasteiger partial charge in [-0.25, -0.2) is 9.99 Å². The van der Waals surface area contributed by atoms with E-state index in [4.69, 9.17) is 9.47 Å². The molecule has 4 rings (SSSR count). The molecule has 10 heteroatoms. The second-order valence-electron chi connectivity index (χ2n) is 7.62. The second-order valence-corrected chi connectivity index (χ2v) is 7.62. The third-order valence-corrected chi connectivity index (χ3v) is 5.17. The number of hydrazine groups is 1. The third kappa shape index (κ3) is 5.07. The predicted octanol–water partition coefficient (Wildman–Crippen LogP) is 4.37. The van der Waals surface area contributed by atoms with Crippen LogP contribution in [0, 0.1) is 10.1 Å². The summed E-state index contributed by atoms with van der Waals surface area (Å²) in [6.45, 7) is 5.91. The fourth-order valence-electron chi connectivity index (χ4n) is 3.58. The van der Waals surface area contributed by atoms with E-state index in [9.17, 15) is 19.7 Å². The summed E-state index contributed by atoms with van der Waals surface area (Å²) in [5.74, 6) is -0.155. The highest BCUT2D eigenvalue weighted by atomic mass is 16.6. The molecule has 1 fully saturated rings. The molecule has 1 aliphatic heterocycles. The van der Waals surface area contributed by atoms with Gasteiger partial charge in [0.1, 0.15) is 11.8 Å². The molecule has 0 radical (unpaired) electrons. The molecule has 0 atom stereocenters. The van der Waals surface area contributed by atoms with Crippen molar-refractivity contribution in [3.05, 3.63) is 100 Å². The van der Waals surface area contributed by atoms with Gasteiger partial charge in [-0.2, -0.15) is 0 Å². The molecule has 10 nitrogen and oxygen atoms in total. The molecular formula is C26H22N4O6. The minimum absolute atomic E-state index is 0.0310. The monoisotopic (exact) mass is 486 g/mol. The summed E-state index contributed by atoms with van der Waals surface area (Å²) in [5, 5.41) is 12.1. The molecule has 0 spiro atoms. The van der Waals surface area contributed by atoms with Crippen LogP contribution in [0.4, 0.5) is 11.4 Å². The smallest absolute Gasteiger partial charge is 0.287 e. The molecule has 2 amide bonds. The summed E-state index contributed by atoms with van der Waals surface area (Å²) in [6, 6.07) is 14.9. The SMILES string of the molecule is C=CCc1cc(/C=C2/C(=O)NN(c3ccccc3)C2=O)cc(OCC)c1Oc1ccc([N+](=O)[O-])cn1. The maximum Gasteiger partial charge on any atom is 0.287 e. The Labute approximate surface area is 206 Å². The van der Waals surface area contributed by atoms with Crippen LogP contribution in [0.3, 0.4) is 0 Å². The number of anilines is 1. The Morgan fingerprint density at radius 2 is 1.94 bits per heavy atom. The molecule has 1 saturated heterocycles. The highest BCUT2D eigenvalue weighted by molar-refractivity contribution is 6.31. The number of aromatic nitrogens is 1. The number of rotatable bonds is 9. The maximum absolute atomic E-state index is 13.0. The lowest BCUT2D eigenvalue weighted by Crippen LogP contribution is -2.35. The van der Waals surface area contributed by atoms with Gasteiger partial charge in [-0.1, -0.05) is 24.3 Å². The van der Waals surface area contributed by atoms with E-state index in [2.05, 4.69) is 17.0 Å². The molecule has 2 heterocycles. The molecule has 0 unspecified atom stereocenters. The number of hydrogen-bond donors (Lipinski definition) is 1. The zero-order chi connectivity index (χ0) is 25.7. The van der Waals surface area contributed by atoms with Crippen LogP contribution in [0.5, 0.6) is 17.4 Å². The van der Waals surface area contributed by atoms with Crippen LogP contribution in [0.1, 0.15) is 18.1 Å². The van der Waals surface area contributed by atoms with Gasteiger partial charge >= 0.3 is 0 Å². The second kappa shape index (κ2) is 10.5. The average molecular weight is 486 g/mol. The van der Waals surface area contributed by atoms with E-state index in [-0.39, 0.29) is 17.1 Å². The van der Waals surface area contributed by atoms with Crippen LogP contribution in [0.15, 0.2) is 79.0 Å². The molecule has 0 saturated carbocycles. The van der Waals surface area contributed by atoms with E-state index >= 15 is 0 Å². The topological polar surface area (TPSA) is 124 Å². The first-order valence-corrected chi connectivity index (χ1v) is 11.0. The molecule has 0 aliphatic carbocycles. The molecule has 1 aliphatic rings. The normalized spacial score (nSPS) is 14.0. The van der Waals surface area contributed by atoms with Crippen molar-refractivity contribution >= 4 is 29.3 Å². The molecule has 1 aromatic heterocycles. The number of allylic oxidation sites excluding steroid dienone is 1. The van der Waals surface area contributed by atoms with Crippen LogP contribution in [0.2, 0.25) is 0 Å². The van der Waals surface area contributed by atoms with Gasteiger partial charge < -0.3 is 9.47 Å². The Morgan fingerprint density at radius 1 is 1.17 bits per heavy atom. The van der Waals surface area contributed by atoms with Crippen LogP contribution < -0.4 is 19.9 Å². The maximum atomic E-state index is 13.0. The van der Waals surface area contributed by atoms with Crippen molar-refractivity contribution in [1.29, 1.82) is 0 Å². The van der Waals surface area contributed by atoms with E-state index in [0.29, 0.717) is 41.3 Å². The highest BCUT2D eigenvalue weighted by Gasteiger charge is 2.34. The number of nitro groups is 1. The molecule has 3 aromatic rings. The number of para-hydroxylation sites is 1. The van der Waals surface area contributed by atoms with Gasteiger partial charge in [-0.15, -0.1) is 6.58 Å². The van der Waals surface area contributed by atoms with Gasteiger partial charge in [0, 0.05) is 17.7 Å². The van der Waals surface area contributed by atoms with Gasteiger partial charge in [-0.05, 0) is 49.2 Å². The predicted molar refractivity (Wildman–Crippen MR) is 133 cm³/mol. The Hall–Kier alpha value is -4.99. The lowest BCUT2D eigenvalue weighted by atomic mass is 10.0. The lowest BCUT2D eigenvalue weighted by Gasteiger charge is -2.16. The summed E-state index contributed by atoms with van der Waals surface area (Å²) in [6.07, 6.45) is 4.65. The van der Waals surface area contributed by atoms with Crippen LogP contribution in [-0.2, 0) is 16.0 Å². The Bertz CT molecular complexity index is 1350. The Kier molecular flexibility index (Phi) is 7.05. The number of amides is 2. The van der Waals surface area contributed by atoms with E-state index in [1.165, 1.54) is 23.2 Å². The van der Waals surface area contributed by atoms with E-state index in [1.54, 1.807) is 49.4 Å². The van der Waals surface area contributed by atoms with Crippen molar-refractivity contribution in [1.82, 2.24) is 10.4 Å². The van der Waals surface area contributed by atoms with Gasteiger partial charge in [0.15, 0.2) is 11.5 Å². The average Bonchev–Trinajstić information content (AvgIpc) is 3.15. The molecule has 2 aromatic carbocycles. The van der Waals surface area contributed by atoms with Gasteiger partial charge in [0.25, 0.3) is 17.5 Å². The van der Waals surface area contributed by atoms with Crippen LogP contribution in [-0.4, -0.2) is 28.3 Å². The van der Waals surface area contributed by atoms with Crippen molar-refractivity contribution in [3.63, 3.8) is 0 Å². The molecule has 0 bridgehead atoms. The summed E-state index contributed by atoms with van der Waals surface area (Å²) in [7, 11) is 0. The van der Waals surface area contributed by atoms with Crippen molar-refractivity contribution in [2.24, 2.45) is 0 Å². The summed E-state index contributed by atoms with van der Waals surface area (Å²) < 4.78 is 11.7. The molecule has 182 valence electrons. The van der Waals surface area contributed by atoms with Crippen molar-refractivity contribution in [3.8, 4) is 17.4 Å². The molecule has 36 heavy (non-hydrogen) atoms. The molecule has 1 N–H and O–H groups in total. The van der Waals surface area contributed by atoms with Crippen molar-refractivity contribution in [2.75, 3.05) is 11.6 Å². The molecular weight excluding hydrogens is 464 g/mol. The largest absolute Gasteiger partial charge is 0.490 e. The van der Waals surface area contributed by atoms with Crippen molar-refractivity contribution in [2.45, 2.75) is 13.3 Å². The summed E-state index contributed by atoms with van der Waals surface area (Å²) in [5.41, 5.74) is 4.13. The fraction of sp³-hybridized carbons (Fsp3) is 0.115. The number of nitrogens with zero attached hydrogens (tertiary/aromatic N) is 3. The number of nitrogens with one attached hydrogen (secondary N) is 1. The first-order valence-electron chi connectivity index (χ1n) is 11.0. The zero-order valence-corrected chi connectivity index (χ0v) is 19.3. The van der Waals surface area contributed by atoms with Crippen molar-refractivity contribution < 1.29 is 24.0 Å². The van der Waals surface area contributed by atoms with E-state index in [0.717, 1.165) is 6.20 Å². The summed E-state index contributed by atoms with van der Waals surface area (Å²) in [4.78, 5) is 39.9. The number of ether oxygens (including phenoxy) is 2. The van der Waals surface area contributed by atoms with Crippen LogP contribution in [0.25, 0.3) is 6.08 Å². The Morgan fingerprint density at radius 3 is 2.58 bits per heavy atom. The Balaban J connectivity index is 1.71. The van der Waals surface area contributed by atoms with Gasteiger partial charge in [-0.3, -0.25) is 25.1 Å².